The Hall–Kier alpha value is -2.76. The molecule has 2 aromatic rings. The smallest absolute Gasteiger partial charge is 0.325 e. The summed E-state index contributed by atoms with van der Waals surface area (Å²) in [5, 5.41) is 0. The van der Waals surface area contributed by atoms with Crippen LogP contribution in [0.15, 0.2) is 48.7 Å². The molecule has 5 nitrogen and oxygen atoms in total. The molecule has 1 aromatic carbocycles. The summed E-state index contributed by atoms with van der Waals surface area (Å²) < 4.78 is 17.8. The van der Waals surface area contributed by atoms with E-state index in [2.05, 4.69) is 4.98 Å². The van der Waals surface area contributed by atoms with Crippen LogP contribution in [0.1, 0.15) is 17.2 Å². The number of nitrogens with zero attached hydrogens (tertiary/aromatic N) is 1. The number of halogens is 1. The Morgan fingerprint density at radius 2 is 1.90 bits per heavy atom. The fourth-order valence-corrected chi connectivity index (χ4v) is 1.75. The highest BCUT2D eigenvalue weighted by Gasteiger charge is 2.29. The number of hydrogen-bond donors (Lipinski definition) is 1. The summed E-state index contributed by atoms with van der Waals surface area (Å²) in [6.07, 6.45) is 1.46. The molecule has 1 aromatic heterocycles. The summed E-state index contributed by atoms with van der Waals surface area (Å²) in [6, 6.07) is 10.3. The molecule has 108 valence electrons. The van der Waals surface area contributed by atoms with E-state index in [0.29, 0.717) is 5.56 Å². The second kappa shape index (κ2) is 6.60. The second-order valence-corrected chi connectivity index (χ2v) is 4.32. The van der Waals surface area contributed by atoms with Crippen molar-refractivity contribution < 1.29 is 18.7 Å². The minimum atomic E-state index is -1.26. The van der Waals surface area contributed by atoms with Gasteiger partial charge in [0.25, 0.3) is 0 Å². The Labute approximate surface area is 120 Å². The van der Waals surface area contributed by atoms with Gasteiger partial charge in [0.2, 0.25) is 5.91 Å². The first kappa shape index (κ1) is 14.6. The molecule has 2 rings (SSSR count). The van der Waals surface area contributed by atoms with Gasteiger partial charge >= 0.3 is 5.97 Å². The number of carbonyl (C=O) groups excluding carboxylic acids is 2. The van der Waals surface area contributed by atoms with Gasteiger partial charge in [-0.25, -0.2) is 4.39 Å². The number of primary amides is 1. The molecule has 0 aliphatic carbocycles. The van der Waals surface area contributed by atoms with Crippen molar-refractivity contribution >= 4 is 11.9 Å². The van der Waals surface area contributed by atoms with Gasteiger partial charge in [-0.2, -0.15) is 0 Å². The largest absolute Gasteiger partial charge is 0.460 e. The van der Waals surface area contributed by atoms with Crippen molar-refractivity contribution in [2.75, 3.05) is 0 Å². The highest BCUT2D eigenvalue weighted by Crippen LogP contribution is 2.15. The first-order valence-corrected chi connectivity index (χ1v) is 6.19. The van der Waals surface area contributed by atoms with E-state index in [1.165, 1.54) is 36.5 Å². The lowest BCUT2D eigenvalue weighted by Gasteiger charge is -2.12. The third-order valence-electron chi connectivity index (χ3n) is 2.80. The van der Waals surface area contributed by atoms with Crippen LogP contribution in [0.2, 0.25) is 0 Å². The van der Waals surface area contributed by atoms with Crippen molar-refractivity contribution in [2.24, 2.45) is 5.73 Å². The Balaban J connectivity index is 2.06. The van der Waals surface area contributed by atoms with Crippen LogP contribution in [0.3, 0.4) is 0 Å². The van der Waals surface area contributed by atoms with Crippen LogP contribution in [0.25, 0.3) is 0 Å². The van der Waals surface area contributed by atoms with Crippen molar-refractivity contribution in [1.82, 2.24) is 4.98 Å². The monoisotopic (exact) mass is 288 g/mol. The molecule has 6 heteroatoms. The zero-order valence-electron chi connectivity index (χ0n) is 11.0. The summed E-state index contributed by atoms with van der Waals surface area (Å²) in [4.78, 5) is 27.4. The number of hydrogen-bond acceptors (Lipinski definition) is 4. The molecule has 21 heavy (non-hydrogen) atoms. The van der Waals surface area contributed by atoms with Gasteiger partial charge in [0.15, 0.2) is 5.92 Å². The maximum absolute atomic E-state index is 12.8. The predicted octanol–water partition coefficient (Wildman–Crippen LogP) is 1.53. The molecule has 0 aliphatic heterocycles. The van der Waals surface area contributed by atoms with Crippen LogP contribution < -0.4 is 5.73 Å². The quantitative estimate of drug-likeness (QED) is 0.668. The van der Waals surface area contributed by atoms with E-state index in [1.54, 1.807) is 12.1 Å². The van der Waals surface area contributed by atoms with Crippen molar-refractivity contribution in [3.63, 3.8) is 0 Å². The van der Waals surface area contributed by atoms with E-state index >= 15 is 0 Å². The first-order valence-electron chi connectivity index (χ1n) is 6.19. The minimum Gasteiger partial charge on any atom is -0.460 e. The van der Waals surface area contributed by atoms with Crippen molar-refractivity contribution in [1.29, 1.82) is 0 Å². The topological polar surface area (TPSA) is 82.3 Å². The molecule has 1 atom stereocenters. The number of benzene rings is 1. The Morgan fingerprint density at radius 3 is 2.48 bits per heavy atom. The summed E-state index contributed by atoms with van der Waals surface area (Å²) in [5.74, 6) is -3.26. The van der Waals surface area contributed by atoms with Gasteiger partial charge in [-0.15, -0.1) is 0 Å². The number of aromatic nitrogens is 1. The Morgan fingerprint density at radius 1 is 1.19 bits per heavy atom. The fourth-order valence-electron chi connectivity index (χ4n) is 1.75. The fraction of sp³-hybridized carbons (Fsp3) is 0.133. The van der Waals surface area contributed by atoms with Gasteiger partial charge in [-0.05, 0) is 29.8 Å². The average Bonchev–Trinajstić information content (AvgIpc) is 2.47. The van der Waals surface area contributed by atoms with Crippen LogP contribution in [-0.4, -0.2) is 16.9 Å². The maximum atomic E-state index is 12.8. The van der Waals surface area contributed by atoms with Crippen LogP contribution in [0.4, 0.5) is 4.39 Å². The van der Waals surface area contributed by atoms with Gasteiger partial charge in [0.1, 0.15) is 12.4 Å². The number of pyridine rings is 1. The van der Waals surface area contributed by atoms with Crippen LogP contribution in [-0.2, 0) is 20.9 Å². The lowest BCUT2D eigenvalue weighted by Crippen LogP contribution is -2.30. The van der Waals surface area contributed by atoms with E-state index < -0.39 is 17.8 Å². The summed E-state index contributed by atoms with van der Waals surface area (Å²) >= 11 is 0. The zero-order chi connectivity index (χ0) is 15.2. The van der Waals surface area contributed by atoms with Gasteiger partial charge in [0.05, 0.1) is 5.69 Å². The summed E-state index contributed by atoms with van der Waals surface area (Å²) in [7, 11) is 0. The number of ether oxygens (including phenoxy) is 1. The normalized spacial score (nSPS) is 11.7. The van der Waals surface area contributed by atoms with Gasteiger partial charge in [-0.3, -0.25) is 14.6 Å². The molecule has 0 spiro atoms. The molecule has 1 heterocycles. The molecular weight excluding hydrogens is 275 g/mol. The summed E-state index contributed by atoms with van der Waals surface area (Å²) in [5.41, 5.74) is 6.07. The van der Waals surface area contributed by atoms with Crippen molar-refractivity contribution in [3.05, 3.63) is 65.7 Å². The minimum absolute atomic E-state index is 0.0737. The van der Waals surface area contributed by atoms with Crippen LogP contribution in [0.5, 0.6) is 0 Å². The van der Waals surface area contributed by atoms with Gasteiger partial charge in [0, 0.05) is 6.20 Å². The first-order chi connectivity index (χ1) is 10.1. The van der Waals surface area contributed by atoms with E-state index in [1.807, 2.05) is 0 Å². The molecule has 0 radical (unpaired) electrons. The van der Waals surface area contributed by atoms with E-state index in [4.69, 9.17) is 10.5 Å². The SMILES string of the molecule is NC(=O)C(C(=O)OCc1ccc(F)cc1)c1ccccn1. The molecule has 2 N–H and O–H groups in total. The molecule has 0 saturated heterocycles. The Kier molecular flexibility index (Phi) is 4.61. The third-order valence-corrected chi connectivity index (χ3v) is 2.80. The van der Waals surface area contributed by atoms with E-state index in [0.717, 1.165) is 0 Å². The lowest BCUT2D eigenvalue weighted by molar-refractivity contribution is -0.149. The predicted molar refractivity (Wildman–Crippen MR) is 72.4 cm³/mol. The number of carbonyl (C=O) groups is 2. The molecule has 0 fully saturated rings. The standard InChI is InChI=1S/C15H13FN2O3/c16-11-6-4-10(5-7-11)9-21-15(20)13(14(17)19)12-3-1-2-8-18-12/h1-8,13H,9H2,(H2,17,19). The van der Waals surface area contributed by atoms with Gasteiger partial charge < -0.3 is 10.5 Å². The van der Waals surface area contributed by atoms with Gasteiger partial charge in [-0.1, -0.05) is 18.2 Å². The molecule has 0 saturated carbocycles. The molecule has 0 aliphatic rings. The van der Waals surface area contributed by atoms with E-state index in [-0.39, 0.29) is 18.1 Å². The van der Waals surface area contributed by atoms with Crippen molar-refractivity contribution in [3.8, 4) is 0 Å². The van der Waals surface area contributed by atoms with Crippen molar-refractivity contribution in [2.45, 2.75) is 12.5 Å². The highest BCUT2D eigenvalue weighted by molar-refractivity contribution is 6.02. The molecule has 1 unspecified atom stereocenters. The van der Waals surface area contributed by atoms with E-state index in [9.17, 15) is 14.0 Å². The highest BCUT2D eigenvalue weighted by atomic mass is 19.1. The third kappa shape index (κ3) is 3.85. The number of nitrogens with two attached hydrogens (primary N) is 1. The lowest BCUT2D eigenvalue weighted by atomic mass is 10.0. The Bertz CT molecular complexity index is 629. The summed E-state index contributed by atoms with van der Waals surface area (Å²) in [6.45, 7) is -0.0737. The maximum Gasteiger partial charge on any atom is 0.325 e. The molecule has 1 amide bonds. The average molecular weight is 288 g/mol. The van der Waals surface area contributed by atoms with Crippen LogP contribution >= 0.6 is 0 Å². The second-order valence-electron chi connectivity index (χ2n) is 4.32. The number of amides is 1. The molecule has 0 bridgehead atoms. The zero-order valence-corrected chi connectivity index (χ0v) is 11.0. The van der Waals surface area contributed by atoms with Crippen LogP contribution in [0, 0.1) is 5.82 Å². The molecular formula is C15H13FN2O3. The number of rotatable bonds is 5. The number of esters is 1.